The zero-order valence-corrected chi connectivity index (χ0v) is 17.0. The standard InChI is InChI=1S/C24H27NO4/c1-3-29-23(27)24-14-6-7-18(15-24)22(26)25(21-9-5-4-8-20(21)24)16-17-10-12-19(28-2)13-11-17/h4-5,8-13,18H,3,6-7,14-16H2,1-2H3. The normalized spacial score (nSPS) is 23.2. The highest BCUT2D eigenvalue weighted by molar-refractivity contribution is 6.00. The number of hydrogen-bond acceptors (Lipinski definition) is 4. The largest absolute Gasteiger partial charge is 0.497 e. The van der Waals surface area contributed by atoms with E-state index in [1.54, 1.807) is 7.11 Å². The lowest BCUT2D eigenvalue weighted by Crippen LogP contribution is -2.42. The Morgan fingerprint density at radius 1 is 1.17 bits per heavy atom. The van der Waals surface area contributed by atoms with Crippen LogP contribution in [0.3, 0.4) is 0 Å². The summed E-state index contributed by atoms with van der Waals surface area (Å²) in [6.45, 7) is 2.64. The van der Waals surface area contributed by atoms with Gasteiger partial charge in [-0.25, -0.2) is 0 Å². The molecule has 2 aromatic rings. The lowest BCUT2D eigenvalue weighted by molar-refractivity contribution is -0.152. The van der Waals surface area contributed by atoms with Crippen LogP contribution in [-0.2, 0) is 26.3 Å². The number of hydrogen-bond donors (Lipinski definition) is 0. The molecule has 1 aliphatic heterocycles. The Morgan fingerprint density at radius 2 is 1.93 bits per heavy atom. The topological polar surface area (TPSA) is 55.8 Å². The maximum Gasteiger partial charge on any atom is 0.316 e. The maximum absolute atomic E-state index is 13.5. The number of amides is 1. The summed E-state index contributed by atoms with van der Waals surface area (Å²) in [7, 11) is 1.64. The molecule has 0 saturated heterocycles. The smallest absolute Gasteiger partial charge is 0.316 e. The first kappa shape index (κ1) is 19.5. The SMILES string of the molecule is CCOC(=O)C12CCCC(C1)C(=O)N(Cc1ccc(OC)cc1)c1ccccc12. The minimum atomic E-state index is -0.736. The summed E-state index contributed by atoms with van der Waals surface area (Å²) < 4.78 is 10.7. The Morgan fingerprint density at radius 3 is 2.66 bits per heavy atom. The van der Waals surface area contributed by atoms with Gasteiger partial charge >= 0.3 is 5.97 Å². The number of ether oxygens (including phenoxy) is 2. The number of fused-ring (bicyclic) bond motifs is 4. The van der Waals surface area contributed by atoms with E-state index in [2.05, 4.69) is 0 Å². The molecule has 5 nitrogen and oxygen atoms in total. The first-order valence-corrected chi connectivity index (χ1v) is 10.3. The van der Waals surface area contributed by atoms with Crippen molar-refractivity contribution in [2.75, 3.05) is 18.6 Å². The Balaban J connectivity index is 1.79. The number of carbonyl (C=O) groups is 2. The number of esters is 1. The van der Waals surface area contributed by atoms with E-state index in [0.29, 0.717) is 19.6 Å². The third kappa shape index (κ3) is 3.39. The van der Waals surface area contributed by atoms with Crippen molar-refractivity contribution in [1.82, 2.24) is 0 Å². The molecule has 1 amide bonds. The van der Waals surface area contributed by atoms with Gasteiger partial charge in [0.05, 0.1) is 25.7 Å². The minimum Gasteiger partial charge on any atom is -0.497 e. The van der Waals surface area contributed by atoms with E-state index >= 15 is 0 Å². The minimum absolute atomic E-state index is 0.0964. The third-order valence-electron chi connectivity index (χ3n) is 6.24. The van der Waals surface area contributed by atoms with E-state index in [0.717, 1.165) is 41.8 Å². The van der Waals surface area contributed by atoms with Gasteiger partial charge in [0, 0.05) is 11.6 Å². The first-order chi connectivity index (χ1) is 14.1. The summed E-state index contributed by atoms with van der Waals surface area (Å²) in [5.74, 6) is 0.516. The molecule has 0 N–H and O–H groups in total. The molecule has 2 bridgehead atoms. The molecule has 2 atom stereocenters. The number of benzene rings is 2. The fraction of sp³-hybridized carbons (Fsp3) is 0.417. The second-order valence-electron chi connectivity index (χ2n) is 7.89. The van der Waals surface area contributed by atoms with Crippen LogP contribution in [0.4, 0.5) is 5.69 Å². The van der Waals surface area contributed by atoms with Gasteiger partial charge < -0.3 is 14.4 Å². The van der Waals surface area contributed by atoms with Crippen molar-refractivity contribution >= 4 is 17.6 Å². The van der Waals surface area contributed by atoms with E-state index in [1.807, 2.05) is 60.4 Å². The van der Waals surface area contributed by atoms with E-state index in [-0.39, 0.29) is 17.8 Å². The van der Waals surface area contributed by atoms with Gasteiger partial charge in [-0.3, -0.25) is 9.59 Å². The Hall–Kier alpha value is -2.82. The summed E-state index contributed by atoms with van der Waals surface area (Å²) in [5, 5.41) is 0. The van der Waals surface area contributed by atoms with E-state index in [4.69, 9.17) is 9.47 Å². The zero-order chi connectivity index (χ0) is 20.4. The molecule has 0 aromatic heterocycles. The second-order valence-corrected chi connectivity index (χ2v) is 7.89. The monoisotopic (exact) mass is 393 g/mol. The van der Waals surface area contributed by atoms with Crippen LogP contribution in [0, 0.1) is 5.92 Å². The van der Waals surface area contributed by atoms with Crippen LogP contribution in [0.1, 0.15) is 43.7 Å². The van der Waals surface area contributed by atoms with Crippen molar-refractivity contribution in [3.8, 4) is 5.75 Å². The van der Waals surface area contributed by atoms with Gasteiger partial charge in [-0.2, -0.15) is 0 Å². The number of nitrogens with zero attached hydrogens (tertiary/aromatic N) is 1. The predicted molar refractivity (Wildman–Crippen MR) is 111 cm³/mol. The molecule has 29 heavy (non-hydrogen) atoms. The van der Waals surface area contributed by atoms with E-state index in [9.17, 15) is 9.59 Å². The van der Waals surface area contributed by atoms with Crippen LogP contribution in [-0.4, -0.2) is 25.6 Å². The van der Waals surface area contributed by atoms with Crippen LogP contribution >= 0.6 is 0 Å². The van der Waals surface area contributed by atoms with Gasteiger partial charge in [0.1, 0.15) is 5.75 Å². The van der Waals surface area contributed by atoms with Crippen LogP contribution < -0.4 is 9.64 Å². The van der Waals surface area contributed by atoms with Crippen molar-refractivity contribution in [3.05, 3.63) is 59.7 Å². The number of carbonyl (C=O) groups excluding carboxylic acids is 2. The average molecular weight is 393 g/mol. The number of para-hydroxylation sites is 1. The molecule has 2 aromatic carbocycles. The lowest BCUT2D eigenvalue weighted by atomic mass is 9.66. The van der Waals surface area contributed by atoms with E-state index in [1.165, 1.54) is 0 Å². The highest BCUT2D eigenvalue weighted by Crippen LogP contribution is 2.50. The van der Waals surface area contributed by atoms with Crippen LogP contribution in [0.15, 0.2) is 48.5 Å². The summed E-state index contributed by atoms with van der Waals surface area (Å²) in [5.41, 5.74) is 2.03. The fourth-order valence-corrected chi connectivity index (χ4v) is 4.82. The lowest BCUT2D eigenvalue weighted by Gasteiger charge is -2.36. The molecule has 1 saturated carbocycles. The quantitative estimate of drug-likeness (QED) is 0.713. The molecular formula is C24H27NO4. The van der Waals surface area contributed by atoms with Crippen molar-refractivity contribution in [2.45, 2.75) is 44.6 Å². The summed E-state index contributed by atoms with van der Waals surface area (Å²) in [6, 6.07) is 15.6. The average Bonchev–Trinajstić information content (AvgIpc) is 2.83. The zero-order valence-electron chi connectivity index (χ0n) is 17.0. The van der Waals surface area contributed by atoms with Crippen molar-refractivity contribution in [1.29, 1.82) is 0 Å². The molecule has 4 rings (SSSR count). The van der Waals surface area contributed by atoms with Crippen LogP contribution in [0.5, 0.6) is 5.75 Å². The second kappa shape index (κ2) is 7.90. The van der Waals surface area contributed by atoms with Gasteiger partial charge in [-0.15, -0.1) is 0 Å². The molecule has 1 aliphatic carbocycles. The van der Waals surface area contributed by atoms with Crippen molar-refractivity contribution in [2.24, 2.45) is 5.92 Å². The molecule has 1 heterocycles. The van der Waals surface area contributed by atoms with Crippen molar-refractivity contribution < 1.29 is 19.1 Å². The van der Waals surface area contributed by atoms with Crippen LogP contribution in [0.2, 0.25) is 0 Å². The van der Waals surface area contributed by atoms with Gasteiger partial charge in [-0.05, 0) is 55.5 Å². The summed E-state index contributed by atoms with van der Waals surface area (Å²) >= 11 is 0. The van der Waals surface area contributed by atoms with Crippen LogP contribution in [0.25, 0.3) is 0 Å². The van der Waals surface area contributed by atoms with Gasteiger partial charge in [0.25, 0.3) is 0 Å². The molecule has 2 aliphatic rings. The number of rotatable bonds is 5. The first-order valence-electron chi connectivity index (χ1n) is 10.3. The van der Waals surface area contributed by atoms with Crippen molar-refractivity contribution in [3.63, 3.8) is 0 Å². The summed E-state index contributed by atoms with van der Waals surface area (Å²) in [6.07, 6.45) is 2.91. The van der Waals surface area contributed by atoms with E-state index < -0.39 is 5.41 Å². The Kier molecular flexibility index (Phi) is 5.31. The molecule has 152 valence electrons. The highest BCUT2D eigenvalue weighted by atomic mass is 16.5. The number of anilines is 1. The third-order valence-corrected chi connectivity index (χ3v) is 6.24. The Bertz CT molecular complexity index is 907. The highest BCUT2D eigenvalue weighted by Gasteiger charge is 2.51. The predicted octanol–water partition coefficient (Wildman–Crippen LogP) is 4.23. The van der Waals surface area contributed by atoms with Gasteiger partial charge in [0.15, 0.2) is 0 Å². The number of methoxy groups -OCH3 is 1. The molecular weight excluding hydrogens is 366 g/mol. The molecule has 2 unspecified atom stereocenters. The summed E-state index contributed by atoms with van der Waals surface area (Å²) in [4.78, 5) is 28.5. The Labute approximate surface area is 171 Å². The molecule has 0 radical (unpaired) electrons. The molecule has 0 spiro atoms. The maximum atomic E-state index is 13.5. The van der Waals surface area contributed by atoms with Gasteiger partial charge in [-0.1, -0.05) is 36.8 Å². The van der Waals surface area contributed by atoms with Gasteiger partial charge in [0.2, 0.25) is 5.91 Å². The molecule has 1 fully saturated rings. The fourth-order valence-electron chi connectivity index (χ4n) is 4.82. The molecule has 5 heteroatoms.